The number of nitrogens with one attached hydrogen (secondary N) is 1. The first kappa shape index (κ1) is 14.9. The lowest BCUT2D eigenvalue weighted by Crippen LogP contribution is -2.18. The number of methoxy groups -OCH3 is 1. The minimum Gasteiger partial charge on any atom is -0.391 e. The summed E-state index contributed by atoms with van der Waals surface area (Å²) in [5.41, 5.74) is 1.70. The number of thiazole rings is 1. The molecule has 2 N–H and O–H groups in total. The summed E-state index contributed by atoms with van der Waals surface area (Å²) in [6, 6.07) is 6.25. The third-order valence-corrected chi connectivity index (χ3v) is 3.56. The zero-order chi connectivity index (χ0) is 14.4. The Morgan fingerprint density at radius 2 is 2.15 bits per heavy atom. The average Bonchev–Trinajstić information content (AvgIpc) is 2.89. The number of hydrogen-bond acceptors (Lipinski definition) is 5. The summed E-state index contributed by atoms with van der Waals surface area (Å²) < 4.78 is 17.7. The van der Waals surface area contributed by atoms with Gasteiger partial charge in [0.15, 0.2) is 5.13 Å². The van der Waals surface area contributed by atoms with Crippen molar-refractivity contribution in [2.75, 3.05) is 25.6 Å². The number of nitrogens with zero attached hydrogens (tertiary/aromatic N) is 1. The number of aliphatic hydroxyl groups is 1. The molecule has 0 saturated carbocycles. The molecule has 0 fully saturated rings. The molecular formula is C14H17FN2O2S. The Kier molecular flexibility index (Phi) is 5.46. The minimum atomic E-state index is -0.468. The zero-order valence-electron chi connectivity index (χ0n) is 11.2. The number of aromatic nitrogens is 1. The maximum Gasteiger partial charge on any atom is 0.183 e. The Bertz CT molecular complexity index is 530. The second-order valence-corrected chi connectivity index (χ2v) is 5.23. The summed E-state index contributed by atoms with van der Waals surface area (Å²) in [4.78, 5) is 4.43. The molecule has 6 heteroatoms. The highest BCUT2D eigenvalue weighted by Gasteiger charge is 2.06. The number of ether oxygens (including phenoxy) is 1. The van der Waals surface area contributed by atoms with E-state index in [0.29, 0.717) is 19.6 Å². The van der Waals surface area contributed by atoms with Crippen LogP contribution in [-0.4, -0.2) is 36.5 Å². The quantitative estimate of drug-likeness (QED) is 0.825. The Morgan fingerprint density at radius 1 is 1.40 bits per heavy atom. The van der Waals surface area contributed by atoms with Crippen LogP contribution >= 0.6 is 11.3 Å². The van der Waals surface area contributed by atoms with Gasteiger partial charge in [0.1, 0.15) is 5.82 Å². The van der Waals surface area contributed by atoms with Crippen molar-refractivity contribution in [2.24, 2.45) is 0 Å². The molecule has 0 aliphatic heterocycles. The van der Waals surface area contributed by atoms with Crippen LogP contribution in [0.3, 0.4) is 0 Å². The van der Waals surface area contributed by atoms with E-state index in [-0.39, 0.29) is 5.82 Å². The average molecular weight is 296 g/mol. The highest BCUT2D eigenvalue weighted by molar-refractivity contribution is 7.14. The molecule has 108 valence electrons. The Hall–Kier alpha value is -1.50. The highest BCUT2D eigenvalue weighted by atomic mass is 32.1. The number of rotatable bonds is 7. The van der Waals surface area contributed by atoms with Crippen LogP contribution in [0.5, 0.6) is 0 Å². The fraction of sp³-hybridized carbons (Fsp3) is 0.357. The summed E-state index contributed by atoms with van der Waals surface area (Å²) in [7, 11) is 1.56. The van der Waals surface area contributed by atoms with Crippen LogP contribution in [0.2, 0.25) is 0 Å². The van der Waals surface area contributed by atoms with Crippen molar-refractivity contribution in [3.8, 4) is 11.3 Å². The van der Waals surface area contributed by atoms with Crippen LogP contribution in [-0.2, 0) is 4.74 Å². The van der Waals surface area contributed by atoms with Gasteiger partial charge in [-0.05, 0) is 30.7 Å². The normalized spacial score (nSPS) is 12.3. The molecular weight excluding hydrogens is 279 g/mol. The molecule has 0 aliphatic rings. The van der Waals surface area contributed by atoms with E-state index in [1.54, 1.807) is 19.2 Å². The lowest BCUT2D eigenvalue weighted by atomic mass is 10.2. The van der Waals surface area contributed by atoms with E-state index in [0.717, 1.165) is 16.4 Å². The van der Waals surface area contributed by atoms with E-state index in [4.69, 9.17) is 4.74 Å². The van der Waals surface area contributed by atoms with Crippen molar-refractivity contribution >= 4 is 16.5 Å². The van der Waals surface area contributed by atoms with Gasteiger partial charge in [0, 0.05) is 24.6 Å². The molecule has 0 spiro atoms. The van der Waals surface area contributed by atoms with Crippen molar-refractivity contribution in [3.63, 3.8) is 0 Å². The largest absolute Gasteiger partial charge is 0.391 e. The fourth-order valence-electron chi connectivity index (χ4n) is 1.73. The van der Waals surface area contributed by atoms with Gasteiger partial charge in [-0.2, -0.15) is 0 Å². The van der Waals surface area contributed by atoms with Gasteiger partial charge in [0.05, 0.1) is 18.4 Å². The second kappa shape index (κ2) is 7.33. The van der Waals surface area contributed by atoms with Gasteiger partial charge < -0.3 is 15.2 Å². The van der Waals surface area contributed by atoms with E-state index in [1.807, 2.05) is 5.38 Å². The number of halogens is 1. The van der Waals surface area contributed by atoms with Crippen molar-refractivity contribution in [2.45, 2.75) is 12.5 Å². The molecule has 1 unspecified atom stereocenters. The van der Waals surface area contributed by atoms with Gasteiger partial charge in [-0.15, -0.1) is 11.3 Å². The molecule has 0 amide bonds. The Morgan fingerprint density at radius 3 is 2.85 bits per heavy atom. The van der Waals surface area contributed by atoms with E-state index in [2.05, 4.69) is 10.3 Å². The predicted molar refractivity (Wildman–Crippen MR) is 78.5 cm³/mol. The maximum absolute atomic E-state index is 12.8. The highest BCUT2D eigenvalue weighted by Crippen LogP contribution is 2.24. The molecule has 4 nitrogen and oxygen atoms in total. The lowest BCUT2D eigenvalue weighted by Gasteiger charge is -2.09. The summed E-state index contributed by atoms with van der Waals surface area (Å²) in [6.45, 7) is 0.960. The van der Waals surface area contributed by atoms with Crippen molar-refractivity contribution < 1.29 is 14.2 Å². The van der Waals surface area contributed by atoms with Gasteiger partial charge in [0.25, 0.3) is 0 Å². The number of hydrogen-bond donors (Lipinski definition) is 2. The van der Waals surface area contributed by atoms with E-state index >= 15 is 0 Å². The molecule has 0 bridgehead atoms. The Balaban J connectivity index is 1.87. The molecule has 1 aromatic heterocycles. The minimum absolute atomic E-state index is 0.255. The van der Waals surface area contributed by atoms with Crippen LogP contribution in [0.25, 0.3) is 11.3 Å². The van der Waals surface area contributed by atoms with Gasteiger partial charge >= 0.3 is 0 Å². The van der Waals surface area contributed by atoms with Crippen LogP contribution in [0.4, 0.5) is 9.52 Å². The number of anilines is 1. The maximum atomic E-state index is 12.8. The first-order valence-electron chi connectivity index (χ1n) is 6.31. The first-order valence-corrected chi connectivity index (χ1v) is 7.19. The molecule has 2 rings (SSSR count). The van der Waals surface area contributed by atoms with Crippen LogP contribution in [0.15, 0.2) is 29.6 Å². The third-order valence-electron chi connectivity index (χ3n) is 2.76. The van der Waals surface area contributed by atoms with Crippen LogP contribution in [0, 0.1) is 5.82 Å². The monoisotopic (exact) mass is 296 g/mol. The van der Waals surface area contributed by atoms with E-state index in [9.17, 15) is 9.50 Å². The standard InChI is InChI=1S/C14H17FN2O2S/c1-19-8-12(18)6-7-16-14-17-13(9-20-14)10-2-4-11(15)5-3-10/h2-5,9,12,18H,6-8H2,1H3,(H,16,17). The number of benzene rings is 1. The van der Waals surface area contributed by atoms with E-state index < -0.39 is 6.10 Å². The first-order chi connectivity index (χ1) is 9.69. The molecule has 1 heterocycles. The zero-order valence-corrected chi connectivity index (χ0v) is 12.0. The third kappa shape index (κ3) is 4.26. The topological polar surface area (TPSA) is 54.4 Å². The predicted octanol–water partition coefficient (Wildman–Crippen LogP) is 2.76. The Labute approximate surface area is 121 Å². The van der Waals surface area contributed by atoms with Crippen LogP contribution < -0.4 is 5.32 Å². The summed E-state index contributed by atoms with van der Waals surface area (Å²) >= 11 is 1.48. The van der Waals surface area contributed by atoms with Crippen molar-refractivity contribution in [1.82, 2.24) is 4.98 Å². The van der Waals surface area contributed by atoms with Gasteiger partial charge in [-0.25, -0.2) is 9.37 Å². The van der Waals surface area contributed by atoms with Gasteiger partial charge in [-0.1, -0.05) is 0 Å². The molecule has 0 radical (unpaired) electrons. The van der Waals surface area contributed by atoms with Crippen molar-refractivity contribution in [3.05, 3.63) is 35.5 Å². The molecule has 1 aromatic carbocycles. The smallest absolute Gasteiger partial charge is 0.183 e. The summed E-state index contributed by atoms with van der Waals surface area (Å²) in [5.74, 6) is -0.255. The van der Waals surface area contributed by atoms with Crippen LogP contribution in [0.1, 0.15) is 6.42 Å². The molecule has 20 heavy (non-hydrogen) atoms. The lowest BCUT2D eigenvalue weighted by molar-refractivity contribution is 0.0615. The second-order valence-electron chi connectivity index (χ2n) is 4.37. The number of aliphatic hydroxyl groups excluding tert-OH is 1. The summed E-state index contributed by atoms with van der Waals surface area (Å²) in [5, 5.41) is 15.4. The SMILES string of the molecule is COCC(O)CCNc1nc(-c2ccc(F)cc2)cs1. The summed E-state index contributed by atoms with van der Waals surface area (Å²) in [6.07, 6.45) is 0.128. The van der Waals surface area contributed by atoms with E-state index in [1.165, 1.54) is 23.5 Å². The molecule has 0 saturated heterocycles. The fourth-order valence-corrected chi connectivity index (χ4v) is 2.48. The molecule has 1 atom stereocenters. The molecule has 2 aromatic rings. The van der Waals surface area contributed by atoms with Gasteiger partial charge in [-0.3, -0.25) is 0 Å². The van der Waals surface area contributed by atoms with Gasteiger partial charge in [0.2, 0.25) is 0 Å². The molecule has 0 aliphatic carbocycles. The van der Waals surface area contributed by atoms with Crippen molar-refractivity contribution in [1.29, 1.82) is 0 Å².